The number of carbonyl (C=O) groups is 4. The molecule has 120 valence electrons. The lowest BCUT2D eigenvalue weighted by Crippen LogP contribution is -2.36. The van der Waals surface area contributed by atoms with E-state index in [0.717, 1.165) is 0 Å². The molecule has 3 N–H and O–H groups in total. The maximum absolute atomic E-state index is 11.7. The SMILES string of the molecule is CC(=O)NCCNC(=O)CCC(=O)N(C)CC(C)C(=O)O. The van der Waals surface area contributed by atoms with Gasteiger partial charge in [-0.15, -0.1) is 0 Å². The standard InChI is InChI=1S/C13H23N3O5/c1-9(13(20)21)8-16(3)12(19)5-4-11(18)15-7-6-14-10(2)17/h9H,4-8H2,1-3H3,(H,14,17)(H,15,18)(H,20,21). The Kier molecular flexibility index (Phi) is 8.75. The molecular weight excluding hydrogens is 278 g/mol. The van der Waals surface area contributed by atoms with Crippen LogP contribution in [0.4, 0.5) is 0 Å². The smallest absolute Gasteiger partial charge is 0.308 e. The van der Waals surface area contributed by atoms with Gasteiger partial charge in [0.15, 0.2) is 0 Å². The first-order valence-corrected chi connectivity index (χ1v) is 6.72. The Bertz CT molecular complexity index is 397. The van der Waals surface area contributed by atoms with Crippen molar-refractivity contribution in [3.8, 4) is 0 Å². The van der Waals surface area contributed by atoms with Gasteiger partial charge in [0.1, 0.15) is 0 Å². The van der Waals surface area contributed by atoms with E-state index in [1.807, 2.05) is 0 Å². The van der Waals surface area contributed by atoms with Gasteiger partial charge in [0.2, 0.25) is 17.7 Å². The van der Waals surface area contributed by atoms with Gasteiger partial charge in [-0.05, 0) is 0 Å². The molecule has 8 nitrogen and oxygen atoms in total. The third-order valence-electron chi connectivity index (χ3n) is 2.78. The molecule has 1 atom stereocenters. The minimum Gasteiger partial charge on any atom is -0.481 e. The molecule has 8 heteroatoms. The van der Waals surface area contributed by atoms with Crippen LogP contribution in [0.1, 0.15) is 26.7 Å². The second-order valence-corrected chi connectivity index (χ2v) is 4.85. The Labute approximate surface area is 123 Å². The first-order valence-electron chi connectivity index (χ1n) is 6.72. The first kappa shape index (κ1) is 18.9. The summed E-state index contributed by atoms with van der Waals surface area (Å²) in [5.74, 6) is -2.35. The van der Waals surface area contributed by atoms with Crippen molar-refractivity contribution in [2.45, 2.75) is 26.7 Å². The molecule has 0 rings (SSSR count). The minimum absolute atomic E-state index is 0.0226. The molecule has 0 aliphatic carbocycles. The van der Waals surface area contributed by atoms with Gasteiger partial charge in [0, 0.05) is 46.4 Å². The van der Waals surface area contributed by atoms with Crippen molar-refractivity contribution in [2.24, 2.45) is 5.92 Å². The zero-order chi connectivity index (χ0) is 16.4. The van der Waals surface area contributed by atoms with Crippen LogP contribution >= 0.6 is 0 Å². The highest BCUT2D eigenvalue weighted by atomic mass is 16.4. The van der Waals surface area contributed by atoms with Crippen LogP contribution in [0.15, 0.2) is 0 Å². The van der Waals surface area contributed by atoms with Crippen LogP contribution in [-0.2, 0) is 19.2 Å². The second kappa shape index (κ2) is 9.73. The highest BCUT2D eigenvalue weighted by Gasteiger charge is 2.17. The molecule has 0 aliphatic heterocycles. The van der Waals surface area contributed by atoms with Gasteiger partial charge in [-0.2, -0.15) is 0 Å². The highest BCUT2D eigenvalue weighted by Crippen LogP contribution is 2.02. The van der Waals surface area contributed by atoms with E-state index in [1.54, 1.807) is 0 Å². The molecule has 0 saturated heterocycles. The summed E-state index contributed by atoms with van der Waals surface area (Å²) in [6, 6.07) is 0. The number of amides is 3. The summed E-state index contributed by atoms with van der Waals surface area (Å²) in [7, 11) is 1.51. The number of carboxylic acid groups (broad SMARTS) is 1. The van der Waals surface area contributed by atoms with Crippen LogP contribution in [-0.4, -0.2) is 60.4 Å². The zero-order valence-corrected chi connectivity index (χ0v) is 12.6. The van der Waals surface area contributed by atoms with Crippen LogP contribution in [0.3, 0.4) is 0 Å². The molecule has 0 aromatic rings. The van der Waals surface area contributed by atoms with Crippen molar-refractivity contribution in [3.05, 3.63) is 0 Å². The van der Waals surface area contributed by atoms with E-state index in [2.05, 4.69) is 10.6 Å². The van der Waals surface area contributed by atoms with Gasteiger partial charge in [-0.3, -0.25) is 19.2 Å². The summed E-state index contributed by atoms with van der Waals surface area (Å²) in [6.45, 7) is 3.65. The number of carboxylic acids is 1. The molecule has 0 aromatic carbocycles. The van der Waals surface area contributed by atoms with Gasteiger partial charge in [0.25, 0.3) is 0 Å². The Balaban J connectivity index is 3.88. The number of aliphatic carboxylic acids is 1. The van der Waals surface area contributed by atoms with E-state index in [9.17, 15) is 19.2 Å². The van der Waals surface area contributed by atoms with E-state index in [0.29, 0.717) is 13.1 Å². The van der Waals surface area contributed by atoms with Gasteiger partial charge in [-0.25, -0.2) is 0 Å². The minimum atomic E-state index is -0.967. The van der Waals surface area contributed by atoms with Crippen LogP contribution in [0.25, 0.3) is 0 Å². The molecule has 0 spiro atoms. The molecule has 0 fully saturated rings. The van der Waals surface area contributed by atoms with Crippen LogP contribution in [0.2, 0.25) is 0 Å². The topological polar surface area (TPSA) is 116 Å². The monoisotopic (exact) mass is 301 g/mol. The van der Waals surface area contributed by atoms with Gasteiger partial charge in [0.05, 0.1) is 5.92 Å². The predicted molar refractivity (Wildman–Crippen MR) is 75.4 cm³/mol. The number of nitrogens with zero attached hydrogens (tertiary/aromatic N) is 1. The van der Waals surface area contributed by atoms with Gasteiger partial charge < -0.3 is 20.6 Å². The molecule has 0 saturated carbocycles. The summed E-state index contributed by atoms with van der Waals surface area (Å²) in [5.41, 5.74) is 0. The van der Waals surface area contributed by atoms with E-state index in [-0.39, 0.29) is 37.1 Å². The summed E-state index contributed by atoms with van der Waals surface area (Å²) < 4.78 is 0. The van der Waals surface area contributed by atoms with Crippen LogP contribution < -0.4 is 10.6 Å². The first-order chi connectivity index (χ1) is 9.73. The Hall–Kier alpha value is -2.12. The molecule has 0 radical (unpaired) electrons. The lowest BCUT2D eigenvalue weighted by Gasteiger charge is -2.19. The largest absolute Gasteiger partial charge is 0.481 e. The van der Waals surface area contributed by atoms with Crippen molar-refractivity contribution in [1.29, 1.82) is 0 Å². The van der Waals surface area contributed by atoms with Crippen LogP contribution in [0, 0.1) is 5.92 Å². The predicted octanol–water partition coefficient (Wildman–Crippen LogP) is -0.802. The molecule has 0 bridgehead atoms. The quantitative estimate of drug-likeness (QED) is 0.482. The van der Waals surface area contributed by atoms with Crippen LogP contribution in [0.5, 0.6) is 0 Å². The molecule has 0 heterocycles. The molecular formula is C13H23N3O5. The summed E-state index contributed by atoms with van der Waals surface area (Å²) in [5, 5.41) is 13.9. The number of rotatable bonds is 9. The van der Waals surface area contributed by atoms with E-state index >= 15 is 0 Å². The number of hydrogen-bond donors (Lipinski definition) is 3. The van der Waals surface area contributed by atoms with Crippen molar-refractivity contribution in [2.75, 3.05) is 26.7 Å². The number of nitrogens with one attached hydrogen (secondary N) is 2. The van der Waals surface area contributed by atoms with E-state index < -0.39 is 11.9 Å². The maximum Gasteiger partial charge on any atom is 0.308 e. The van der Waals surface area contributed by atoms with Crippen molar-refractivity contribution < 1.29 is 24.3 Å². The molecule has 21 heavy (non-hydrogen) atoms. The fourth-order valence-corrected chi connectivity index (χ4v) is 1.53. The van der Waals surface area contributed by atoms with Crippen molar-refractivity contribution in [1.82, 2.24) is 15.5 Å². The summed E-state index contributed by atoms with van der Waals surface area (Å²) >= 11 is 0. The average molecular weight is 301 g/mol. The molecule has 0 aromatic heterocycles. The molecule has 1 unspecified atom stereocenters. The fraction of sp³-hybridized carbons (Fsp3) is 0.692. The normalized spacial score (nSPS) is 11.4. The molecule has 3 amide bonds. The van der Waals surface area contributed by atoms with Gasteiger partial charge in [-0.1, -0.05) is 6.92 Å². The average Bonchev–Trinajstić information content (AvgIpc) is 2.40. The van der Waals surface area contributed by atoms with E-state index in [4.69, 9.17) is 5.11 Å². The fourth-order valence-electron chi connectivity index (χ4n) is 1.53. The van der Waals surface area contributed by atoms with Gasteiger partial charge >= 0.3 is 5.97 Å². The Morgan fingerprint density at radius 1 is 1.10 bits per heavy atom. The summed E-state index contributed by atoms with van der Waals surface area (Å²) in [4.78, 5) is 45.8. The number of hydrogen-bond acceptors (Lipinski definition) is 4. The highest BCUT2D eigenvalue weighted by molar-refractivity contribution is 5.84. The third-order valence-corrected chi connectivity index (χ3v) is 2.78. The second-order valence-electron chi connectivity index (χ2n) is 4.85. The summed E-state index contributed by atoms with van der Waals surface area (Å²) in [6.07, 6.45) is 0.0551. The maximum atomic E-state index is 11.7. The van der Waals surface area contributed by atoms with Crippen molar-refractivity contribution in [3.63, 3.8) is 0 Å². The lowest BCUT2D eigenvalue weighted by molar-refractivity contribution is -0.143. The Morgan fingerprint density at radius 3 is 2.19 bits per heavy atom. The molecule has 0 aliphatic rings. The Morgan fingerprint density at radius 2 is 1.67 bits per heavy atom. The third kappa shape index (κ3) is 9.42. The number of carbonyl (C=O) groups excluding carboxylic acids is 3. The van der Waals surface area contributed by atoms with E-state index in [1.165, 1.54) is 25.8 Å². The van der Waals surface area contributed by atoms with Crippen molar-refractivity contribution >= 4 is 23.7 Å². The zero-order valence-electron chi connectivity index (χ0n) is 12.6. The lowest BCUT2D eigenvalue weighted by atomic mass is 10.1.